The molecule has 4 rings (SSSR count). The molecular weight excluding hydrogens is 403 g/mol. The lowest BCUT2D eigenvalue weighted by atomic mass is 9.76. The van der Waals surface area contributed by atoms with E-state index >= 15 is 0 Å². The first-order valence-corrected chi connectivity index (χ1v) is 11.0. The minimum Gasteiger partial charge on any atom is -0.497 e. The lowest BCUT2D eigenvalue weighted by Gasteiger charge is -2.29. The van der Waals surface area contributed by atoms with Crippen molar-refractivity contribution in [1.82, 2.24) is 0 Å². The molecule has 0 N–H and O–H groups in total. The van der Waals surface area contributed by atoms with Gasteiger partial charge in [-0.25, -0.2) is 4.39 Å². The molecule has 0 amide bonds. The first kappa shape index (κ1) is 22.1. The van der Waals surface area contributed by atoms with Crippen LogP contribution in [0, 0.1) is 5.82 Å². The van der Waals surface area contributed by atoms with Crippen molar-refractivity contribution in [2.45, 2.75) is 51.6 Å². The van der Waals surface area contributed by atoms with Crippen LogP contribution in [0.15, 0.2) is 54.6 Å². The number of carbonyl (C=O) groups is 1. The Hall–Kier alpha value is -3.14. The Morgan fingerprint density at radius 2 is 1.78 bits per heavy atom. The molecule has 1 aliphatic rings. The molecule has 0 radical (unpaired) electrons. The van der Waals surface area contributed by atoms with Gasteiger partial charge in [0.2, 0.25) is 0 Å². The van der Waals surface area contributed by atoms with Crippen LogP contribution in [0.25, 0.3) is 11.1 Å². The zero-order chi connectivity index (χ0) is 22.9. The molecule has 0 fully saturated rings. The molecule has 0 saturated heterocycles. The highest BCUT2D eigenvalue weighted by molar-refractivity contribution is 5.71. The largest absolute Gasteiger partial charge is 0.497 e. The van der Waals surface area contributed by atoms with E-state index in [1.165, 1.54) is 17.2 Å². The summed E-state index contributed by atoms with van der Waals surface area (Å²) in [5.74, 6) is 1.55. The van der Waals surface area contributed by atoms with E-state index in [2.05, 4.69) is 39.0 Å². The zero-order valence-electron chi connectivity index (χ0n) is 19.1. The molecule has 1 atom stereocenters. The molecule has 4 heteroatoms. The van der Waals surface area contributed by atoms with Crippen LogP contribution < -0.4 is 9.47 Å². The first-order chi connectivity index (χ1) is 15.3. The number of aldehydes is 1. The number of hydrogen-bond acceptors (Lipinski definition) is 3. The molecule has 0 unspecified atom stereocenters. The fourth-order valence-corrected chi connectivity index (χ4v) is 4.36. The maximum atomic E-state index is 14.7. The van der Waals surface area contributed by atoms with E-state index in [9.17, 15) is 9.18 Å². The Bertz CT molecular complexity index is 1140. The number of fused-ring (bicyclic) bond motifs is 1. The molecule has 32 heavy (non-hydrogen) atoms. The Labute approximate surface area is 189 Å². The summed E-state index contributed by atoms with van der Waals surface area (Å²) in [6.07, 6.45) is 2.51. The number of ether oxygens (including phenoxy) is 2. The second kappa shape index (κ2) is 8.78. The molecule has 0 spiro atoms. The SMILES string of the molecule is COc1ccc(F)c(-c2ccc(COc3ccc4c(c3)C[C@H]4CC=O)cc2C(C)(C)C)c1. The van der Waals surface area contributed by atoms with Gasteiger partial charge in [-0.15, -0.1) is 0 Å². The molecule has 0 saturated carbocycles. The first-order valence-electron chi connectivity index (χ1n) is 11.0. The van der Waals surface area contributed by atoms with Crippen molar-refractivity contribution >= 4 is 6.29 Å². The van der Waals surface area contributed by atoms with Gasteiger partial charge in [0.15, 0.2) is 0 Å². The predicted octanol–water partition coefficient (Wildman–Crippen LogP) is 6.61. The van der Waals surface area contributed by atoms with E-state index in [-0.39, 0.29) is 11.2 Å². The molecule has 1 aliphatic carbocycles. The van der Waals surface area contributed by atoms with E-state index < -0.39 is 0 Å². The Morgan fingerprint density at radius 1 is 1.00 bits per heavy atom. The molecule has 3 aromatic carbocycles. The van der Waals surface area contributed by atoms with Crippen LogP contribution in [-0.4, -0.2) is 13.4 Å². The van der Waals surface area contributed by atoms with E-state index in [0.717, 1.165) is 35.1 Å². The summed E-state index contributed by atoms with van der Waals surface area (Å²) >= 11 is 0. The second-order valence-electron chi connectivity index (χ2n) is 9.43. The molecule has 166 valence electrons. The van der Waals surface area contributed by atoms with Crippen LogP contribution in [0.4, 0.5) is 4.39 Å². The van der Waals surface area contributed by atoms with Crippen LogP contribution in [0.5, 0.6) is 11.5 Å². The van der Waals surface area contributed by atoms with Gasteiger partial charge in [0.05, 0.1) is 7.11 Å². The van der Waals surface area contributed by atoms with Gasteiger partial charge in [0.1, 0.15) is 30.2 Å². The molecule has 0 aliphatic heterocycles. The average Bonchev–Trinajstić information content (AvgIpc) is 2.76. The summed E-state index contributed by atoms with van der Waals surface area (Å²) in [7, 11) is 1.58. The van der Waals surface area contributed by atoms with Crippen LogP contribution >= 0.6 is 0 Å². The highest BCUT2D eigenvalue weighted by Gasteiger charge is 2.26. The number of carbonyl (C=O) groups excluding carboxylic acids is 1. The van der Waals surface area contributed by atoms with Crippen LogP contribution in [0.3, 0.4) is 0 Å². The third-order valence-corrected chi connectivity index (χ3v) is 6.16. The third kappa shape index (κ3) is 4.40. The minimum atomic E-state index is -0.268. The summed E-state index contributed by atoms with van der Waals surface area (Å²) in [4.78, 5) is 10.8. The topological polar surface area (TPSA) is 35.5 Å². The predicted molar refractivity (Wildman–Crippen MR) is 125 cm³/mol. The van der Waals surface area contributed by atoms with Crippen molar-refractivity contribution in [3.8, 4) is 22.6 Å². The lowest BCUT2D eigenvalue weighted by molar-refractivity contribution is -0.108. The minimum absolute atomic E-state index is 0.176. The molecule has 3 aromatic rings. The van der Waals surface area contributed by atoms with Gasteiger partial charge >= 0.3 is 0 Å². The summed E-state index contributed by atoms with van der Waals surface area (Å²) < 4.78 is 26.1. The Morgan fingerprint density at radius 3 is 2.47 bits per heavy atom. The molecule has 0 bridgehead atoms. The summed E-state index contributed by atoms with van der Waals surface area (Å²) in [5, 5.41) is 0. The number of methoxy groups -OCH3 is 1. The van der Waals surface area contributed by atoms with Crippen LogP contribution in [0.2, 0.25) is 0 Å². The molecule has 0 aromatic heterocycles. The summed E-state index contributed by atoms with van der Waals surface area (Å²) in [6, 6.07) is 17.0. The van der Waals surface area contributed by atoms with Crippen molar-refractivity contribution in [2.24, 2.45) is 0 Å². The van der Waals surface area contributed by atoms with Gasteiger partial charge in [0, 0.05) is 12.0 Å². The number of halogens is 1. The van der Waals surface area contributed by atoms with E-state index in [1.54, 1.807) is 19.2 Å². The molecular formula is C28H29FO3. The average molecular weight is 433 g/mol. The van der Waals surface area contributed by atoms with Crippen molar-refractivity contribution < 1.29 is 18.7 Å². The molecule has 0 heterocycles. The Balaban J connectivity index is 1.58. The van der Waals surface area contributed by atoms with Crippen LogP contribution in [-0.2, 0) is 23.2 Å². The standard InChI is InChI=1S/C28H29FO3/c1-28(2,3)26-13-18(5-8-24(26)25-16-21(31-4)7-10-27(25)29)17-32-22-6-9-23-19(11-12-30)14-20(23)15-22/h5-10,12-13,15-16,19H,11,14,17H2,1-4H3/t19-/m1/s1. The quantitative estimate of drug-likeness (QED) is 0.394. The van der Waals surface area contributed by atoms with E-state index in [0.29, 0.717) is 30.3 Å². The van der Waals surface area contributed by atoms with Gasteiger partial charge < -0.3 is 14.3 Å². The highest BCUT2D eigenvalue weighted by Crippen LogP contribution is 2.39. The van der Waals surface area contributed by atoms with Gasteiger partial charge in [-0.1, -0.05) is 45.0 Å². The zero-order valence-corrected chi connectivity index (χ0v) is 19.1. The van der Waals surface area contributed by atoms with Crippen molar-refractivity contribution in [3.63, 3.8) is 0 Å². The maximum absolute atomic E-state index is 14.7. The normalized spacial score (nSPS) is 15.0. The van der Waals surface area contributed by atoms with Gasteiger partial charge in [-0.3, -0.25) is 0 Å². The fraction of sp³-hybridized carbons (Fsp3) is 0.321. The third-order valence-electron chi connectivity index (χ3n) is 6.16. The van der Waals surface area contributed by atoms with Crippen LogP contribution in [0.1, 0.15) is 55.4 Å². The van der Waals surface area contributed by atoms with E-state index in [4.69, 9.17) is 9.47 Å². The summed E-state index contributed by atoms with van der Waals surface area (Å²) in [5.41, 5.74) is 5.82. The lowest BCUT2D eigenvalue weighted by Crippen LogP contribution is -2.17. The number of rotatable bonds is 7. The number of hydrogen-bond donors (Lipinski definition) is 0. The van der Waals surface area contributed by atoms with E-state index in [1.807, 2.05) is 18.2 Å². The maximum Gasteiger partial charge on any atom is 0.131 e. The smallest absolute Gasteiger partial charge is 0.131 e. The van der Waals surface area contributed by atoms with Gasteiger partial charge in [-0.05, 0) is 75.9 Å². The van der Waals surface area contributed by atoms with Crippen molar-refractivity contribution in [1.29, 1.82) is 0 Å². The van der Waals surface area contributed by atoms with Crippen molar-refractivity contribution in [2.75, 3.05) is 7.11 Å². The Kier molecular flexibility index (Phi) is 6.05. The summed E-state index contributed by atoms with van der Waals surface area (Å²) in [6.45, 7) is 6.81. The highest BCUT2D eigenvalue weighted by atomic mass is 19.1. The second-order valence-corrected chi connectivity index (χ2v) is 9.43. The van der Waals surface area contributed by atoms with Gasteiger partial charge in [-0.2, -0.15) is 0 Å². The monoisotopic (exact) mass is 432 g/mol. The van der Waals surface area contributed by atoms with Gasteiger partial charge in [0.25, 0.3) is 0 Å². The molecule has 3 nitrogen and oxygen atoms in total. The van der Waals surface area contributed by atoms with Crippen molar-refractivity contribution in [3.05, 3.63) is 82.7 Å². The fourth-order valence-electron chi connectivity index (χ4n) is 4.36. The number of benzene rings is 3.